The van der Waals surface area contributed by atoms with Crippen molar-refractivity contribution < 1.29 is 19.4 Å². The molecular formula is C22H23NO4. The van der Waals surface area contributed by atoms with Crippen LogP contribution in [-0.4, -0.2) is 27.4 Å². The van der Waals surface area contributed by atoms with E-state index in [-0.39, 0.29) is 12.4 Å². The number of hydrogen-bond acceptors (Lipinski definition) is 5. The number of ketones is 1. The highest BCUT2D eigenvalue weighted by molar-refractivity contribution is 6.07. The summed E-state index contributed by atoms with van der Waals surface area (Å²) < 4.78 is 5.23. The van der Waals surface area contributed by atoms with Crippen molar-refractivity contribution >= 4 is 23.9 Å². The van der Waals surface area contributed by atoms with Gasteiger partial charge in [0.15, 0.2) is 5.78 Å². The summed E-state index contributed by atoms with van der Waals surface area (Å²) in [5.41, 5.74) is 1.97. The van der Waals surface area contributed by atoms with Gasteiger partial charge in [-0.15, -0.1) is 0 Å². The van der Waals surface area contributed by atoms with Crippen LogP contribution in [0, 0.1) is 0 Å². The Balaban J connectivity index is 2.13. The lowest BCUT2D eigenvalue weighted by Crippen LogP contribution is -2.22. The Labute approximate surface area is 159 Å². The summed E-state index contributed by atoms with van der Waals surface area (Å²) in [6, 6.07) is 10.3. The lowest BCUT2D eigenvalue weighted by Gasteiger charge is -2.17. The molecule has 0 bridgehead atoms. The fraction of sp³-hybridized carbons (Fsp3) is 0.227. The third-order valence-corrected chi connectivity index (χ3v) is 3.49. The molecule has 1 aromatic heterocycles. The summed E-state index contributed by atoms with van der Waals surface area (Å²) in [6.07, 6.45) is 7.61. The van der Waals surface area contributed by atoms with Crippen LogP contribution in [0.4, 0.5) is 0 Å². The van der Waals surface area contributed by atoms with E-state index in [0.29, 0.717) is 16.8 Å². The van der Waals surface area contributed by atoms with Crippen LogP contribution in [0.15, 0.2) is 54.7 Å². The second-order valence-corrected chi connectivity index (χ2v) is 6.90. The van der Waals surface area contributed by atoms with Gasteiger partial charge in [0, 0.05) is 23.4 Å². The number of aliphatic hydroxyl groups is 1. The van der Waals surface area contributed by atoms with Gasteiger partial charge in [0.1, 0.15) is 5.60 Å². The number of pyridine rings is 1. The quantitative estimate of drug-likeness (QED) is 0.478. The number of carbonyl (C=O) groups is 2. The maximum Gasteiger partial charge on any atom is 0.331 e. The number of benzene rings is 1. The van der Waals surface area contributed by atoms with Gasteiger partial charge in [0.2, 0.25) is 0 Å². The van der Waals surface area contributed by atoms with E-state index in [1.807, 2.05) is 0 Å². The maximum absolute atomic E-state index is 12.3. The summed E-state index contributed by atoms with van der Waals surface area (Å²) in [5.74, 6) is -0.617. The number of rotatable bonds is 6. The maximum atomic E-state index is 12.3. The normalized spacial score (nSPS) is 11.9. The zero-order chi connectivity index (χ0) is 19.9. The van der Waals surface area contributed by atoms with Crippen LogP contribution in [0.3, 0.4) is 0 Å². The highest BCUT2D eigenvalue weighted by Gasteiger charge is 2.14. The fourth-order valence-electron chi connectivity index (χ4n) is 2.23. The largest absolute Gasteiger partial charge is 0.457 e. The molecule has 140 valence electrons. The molecule has 27 heavy (non-hydrogen) atoms. The van der Waals surface area contributed by atoms with Crippen LogP contribution >= 0.6 is 0 Å². The fourth-order valence-corrected chi connectivity index (χ4v) is 2.23. The highest BCUT2D eigenvalue weighted by Crippen LogP contribution is 2.13. The van der Waals surface area contributed by atoms with Crippen molar-refractivity contribution in [2.75, 3.05) is 0 Å². The molecule has 2 aromatic rings. The van der Waals surface area contributed by atoms with E-state index in [1.165, 1.54) is 12.2 Å². The van der Waals surface area contributed by atoms with Crippen molar-refractivity contribution in [3.05, 3.63) is 77.1 Å². The van der Waals surface area contributed by atoms with Crippen molar-refractivity contribution in [2.45, 2.75) is 33.0 Å². The first-order chi connectivity index (χ1) is 12.8. The zero-order valence-electron chi connectivity index (χ0n) is 15.7. The van der Waals surface area contributed by atoms with Crippen LogP contribution in [0.5, 0.6) is 0 Å². The molecule has 1 aromatic carbocycles. The van der Waals surface area contributed by atoms with E-state index in [4.69, 9.17) is 9.84 Å². The lowest BCUT2D eigenvalue weighted by molar-refractivity contribution is -0.148. The molecule has 0 saturated heterocycles. The number of aromatic nitrogens is 1. The molecule has 0 spiro atoms. The van der Waals surface area contributed by atoms with E-state index in [0.717, 1.165) is 5.56 Å². The number of carbonyl (C=O) groups excluding carboxylic acids is 2. The summed E-state index contributed by atoms with van der Waals surface area (Å²) in [7, 11) is 0. The van der Waals surface area contributed by atoms with Crippen LogP contribution in [-0.2, 0) is 16.1 Å². The van der Waals surface area contributed by atoms with E-state index in [9.17, 15) is 9.59 Å². The molecule has 0 aliphatic carbocycles. The van der Waals surface area contributed by atoms with Gasteiger partial charge in [-0.1, -0.05) is 30.3 Å². The second kappa shape index (κ2) is 9.05. The third-order valence-electron chi connectivity index (χ3n) is 3.49. The van der Waals surface area contributed by atoms with Crippen molar-refractivity contribution in [3.63, 3.8) is 0 Å². The van der Waals surface area contributed by atoms with Gasteiger partial charge >= 0.3 is 5.97 Å². The van der Waals surface area contributed by atoms with E-state index in [2.05, 4.69) is 4.98 Å². The first-order valence-electron chi connectivity index (χ1n) is 8.57. The molecule has 0 fully saturated rings. The van der Waals surface area contributed by atoms with Gasteiger partial charge in [0.05, 0.1) is 12.3 Å². The molecule has 2 rings (SSSR count). The minimum atomic E-state index is -0.563. The Kier molecular flexibility index (Phi) is 6.79. The molecular weight excluding hydrogens is 342 g/mol. The first-order valence-corrected chi connectivity index (χ1v) is 8.57. The third kappa shape index (κ3) is 6.64. The average molecular weight is 365 g/mol. The Bertz CT molecular complexity index is 859. The zero-order valence-corrected chi connectivity index (χ0v) is 15.7. The summed E-state index contributed by atoms with van der Waals surface area (Å²) in [4.78, 5) is 28.3. The molecule has 0 radical (unpaired) electrons. The molecule has 0 amide bonds. The molecule has 0 saturated carbocycles. The minimum absolute atomic E-state index is 0.0622. The SMILES string of the molecule is CC(C)(C)OC(=O)/C=C/c1ncccc1/C=C/C(=O)c1ccc(CO)cc1. The molecule has 1 heterocycles. The summed E-state index contributed by atoms with van der Waals surface area (Å²) in [6.45, 7) is 5.33. The van der Waals surface area contributed by atoms with Crippen molar-refractivity contribution in [3.8, 4) is 0 Å². The van der Waals surface area contributed by atoms with Crippen LogP contribution in [0.1, 0.15) is 48.0 Å². The Morgan fingerprint density at radius 1 is 1.07 bits per heavy atom. The predicted molar refractivity (Wildman–Crippen MR) is 105 cm³/mol. The van der Waals surface area contributed by atoms with E-state index < -0.39 is 11.6 Å². The number of aliphatic hydroxyl groups excluding tert-OH is 1. The van der Waals surface area contributed by atoms with Gasteiger partial charge in [-0.3, -0.25) is 9.78 Å². The number of esters is 1. The number of nitrogens with zero attached hydrogens (tertiary/aromatic N) is 1. The topological polar surface area (TPSA) is 76.5 Å². The van der Waals surface area contributed by atoms with Gasteiger partial charge < -0.3 is 9.84 Å². The smallest absolute Gasteiger partial charge is 0.331 e. The van der Waals surface area contributed by atoms with Gasteiger partial charge in [-0.2, -0.15) is 0 Å². The van der Waals surface area contributed by atoms with Crippen molar-refractivity contribution in [1.29, 1.82) is 0 Å². The number of ether oxygens (including phenoxy) is 1. The van der Waals surface area contributed by atoms with E-state index >= 15 is 0 Å². The summed E-state index contributed by atoms with van der Waals surface area (Å²) >= 11 is 0. The van der Waals surface area contributed by atoms with Gasteiger partial charge in [-0.25, -0.2) is 4.79 Å². The molecule has 5 nitrogen and oxygen atoms in total. The van der Waals surface area contributed by atoms with Crippen molar-refractivity contribution in [1.82, 2.24) is 4.98 Å². The van der Waals surface area contributed by atoms with Crippen LogP contribution in [0.2, 0.25) is 0 Å². The molecule has 0 atom stereocenters. The van der Waals surface area contributed by atoms with E-state index in [1.54, 1.807) is 75.5 Å². The monoisotopic (exact) mass is 365 g/mol. The van der Waals surface area contributed by atoms with Gasteiger partial charge in [-0.05, 0) is 50.6 Å². The number of allylic oxidation sites excluding steroid dienone is 1. The first kappa shape index (κ1) is 20.3. The van der Waals surface area contributed by atoms with Crippen LogP contribution < -0.4 is 0 Å². The molecule has 0 aliphatic rings. The molecule has 5 heteroatoms. The highest BCUT2D eigenvalue weighted by atomic mass is 16.6. The minimum Gasteiger partial charge on any atom is -0.457 e. The molecule has 1 N–H and O–H groups in total. The van der Waals surface area contributed by atoms with Gasteiger partial charge in [0.25, 0.3) is 0 Å². The summed E-state index contributed by atoms with van der Waals surface area (Å²) in [5, 5.41) is 9.06. The Morgan fingerprint density at radius 3 is 2.41 bits per heavy atom. The second-order valence-electron chi connectivity index (χ2n) is 6.90. The van der Waals surface area contributed by atoms with Crippen molar-refractivity contribution in [2.24, 2.45) is 0 Å². The molecule has 0 unspecified atom stereocenters. The van der Waals surface area contributed by atoms with Crippen LogP contribution in [0.25, 0.3) is 12.2 Å². The Morgan fingerprint density at radius 2 is 1.78 bits per heavy atom. The number of hydrogen-bond donors (Lipinski definition) is 1. The lowest BCUT2D eigenvalue weighted by atomic mass is 10.1. The standard InChI is InChI=1S/C22H23NO4/c1-22(2,3)27-21(26)13-11-19-17(5-4-14-23-19)10-12-20(25)18-8-6-16(15-24)7-9-18/h4-14,24H,15H2,1-3H3/b12-10+,13-11+. The molecule has 0 aliphatic heterocycles. The Hall–Kier alpha value is -3.05. The predicted octanol–water partition coefficient (Wildman–Crippen LogP) is 3.82. The average Bonchev–Trinajstić information content (AvgIpc) is 2.63.